The Morgan fingerprint density at radius 3 is 2.67 bits per heavy atom. The van der Waals surface area contributed by atoms with Crippen molar-refractivity contribution >= 4 is 27.5 Å². The van der Waals surface area contributed by atoms with Gasteiger partial charge in [-0.1, -0.05) is 17.7 Å². The largest absolute Gasteiger partial charge is 0.353 e. The first-order valence-corrected chi connectivity index (χ1v) is 8.32. The maximum atomic E-state index is 12.8. The highest BCUT2D eigenvalue weighted by Gasteiger charge is 2.44. The van der Waals surface area contributed by atoms with Gasteiger partial charge in [-0.05, 0) is 31.5 Å². The van der Waals surface area contributed by atoms with Crippen LogP contribution in [0.25, 0.3) is 0 Å². The van der Waals surface area contributed by atoms with Gasteiger partial charge in [0, 0.05) is 24.7 Å². The van der Waals surface area contributed by atoms with Crippen molar-refractivity contribution in [3.8, 4) is 0 Å². The number of amides is 1. The first-order valence-electron chi connectivity index (χ1n) is 6.51. The van der Waals surface area contributed by atoms with Crippen LogP contribution in [0.3, 0.4) is 0 Å². The van der Waals surface area contributed by atoms with Crippen LogP contribution in [-0.4, -0.2) is 37.3 Å². The number of piperazine rings is 1. The minimum Gasteiger partial charge on any atom is -0.353 e. The number of nitrogens with two attached hydrogens (primary N) is 1. The molecule has 0 radical (unpaired) electrons. The SMILES string of the molecule is CC1(C)C(=O)NCCN1S(=O)(=O)c1ccc(CN)c(Cl)c1. The number of carbonyl (C=O) groups is 1. The lowest BCUT2D eigenvalue weighted by Gasteiger charge is -2.39. The predicted octanol–water partition coefficient (Wildman–Crippen LogP) is 0.698. The van der Waals surface area contributed by atoms with Gasteiger partial charge in [0.05, 0.1) is 4.90 Å². The number of hydrogen-bond donors (Lipinski definition) is 2. The molecule has 0 atom stereocenters. The molecule has 1 aromatic carbocycles. The van der Waals surface area contributed by atoms with Crippen molar-refractivity contribution in [2.24, 2.45) is 5.73 Å². The number of hydrogen-bond acceptors (Lipinski definition) is 4. The molecule has 1 aliphatic rings. The summed E-state index contributed by atoms with van der Waals surface area (Å²) in [6.45, 7) is 3.90. The highest BCUT2D eigenvalue weighted by atomic mass is 35.5. The van der Waals surface area contributed by atoms with E-state index in [1.807, 2.05) is 0 Å². The van der Waals surface area contributed by atoms with E-state index in [-0.39, 0.29) is 30.4 Å². The zero-order valence-electron chi connectivity index (χ0n) is 11.9. The standard InChI is InChI=1S/C13H18ClN3O3S/c1-13(2)12(18)16-5-6-17(13)21(19,20)10-4-3-9(8-15)11(14)7-10/h3-4,7H,5-6,8,15H2,1-2H3,(H,16,18). The quantitative estimate of drug-likeness (QED) is 0.852. The van der Waals surface area contributed by atoms with Crippen molar-refractivity contribution in [3.63, 3.8) is 0 Å². The fourth-order valence-electron chi connectivity index (χ4n) is 2.28. The van der Waals surface area contributed by atoms with Gasteiger partial charge in [0.2, 0.25) is 15.9 Å². The molecule has 6 nitrogen and oxygen atoms in total. The third-order valence-electron chi connectivity index (χ3n) is 3.61. The fourth-order valence-corrected chi connectivity index (χ4v) is 4.38. The van der Waals surface area contributed by atoms with Gasteiger partial charge >= 0.3 is 0 Å². The molecule has 1 saturated heterocycles. The molecule has 1 aliphatic heterocycles. The van der Waals surface area contributed by atoms with E-state index < -0.39 is 15.6 Å². The van der Waals surface area contributed by atoms with E-state index >= 15 is 0 Å². The summed E-state index contributed by atoms with van der Waals surface area (Å²) in [5.74, 6) is -0.318. The summed E-state index contributed by atoms with van der Waals surface area (Å²) < 4.78 is 26.7. The van der Waals surface area contributed by atoms with Gasteiger partial charge in [0.15, 0.2) is 0 Å². The number of halogens is 1. The predicted molar refractivity (Wildman–Crippen MR) is 80.3 cm³/mol. The molecule has 0 aliphatic carbocycles. The number of nitrogens with one attached hydrogen (secondary N) is 1. The molecular weight excluding hydrogens is 314 g/mol. The van der Waals surface area contributed by atoms with Gasteiger partial charge < -0.3 is 11.1 Å². The Morgan fingerprint density at radius 2 is 2.10 bits per heavy atom. The molecular formula is C13H18ClN3O3S. The average molecular weight is 332 g/mol. The molecule has 0 spiro atoms. The summed E-state index contributed by atoms with van der Waals surface area (Å²) in [4.78, 5) is 12.0. The molecule has 1 fully saturated rings. The van der Waals surface area contributed by atoms with Crippen LogP contribution in [0.2, 0.25) is 5.02 Å². The summed E-state index contributed by atoms with van der Waals surface area (Å²) in [6, 6.07) is 4.43. The first kappa shape index (κ1) is 16.2. The van der Waals surface area contributed by atoms with Crippen LogP contribution in [0.5, 0.6) is 0 Å². The van der Waals surface area contributed by atoms with Crippen molar-refractivity contribution < 1.29 is 13.2 Å². The van der Waals surface area contributed by atoms with Gasteiger partial charge in [-0.3, -0.25) is 4.79 Å². The van der Waals surface area contributed by atoms with Crippen molar-refractivity contribution in [1.82, 2.24) is 9.62 Å². The van der Waals surface area contributed by atoms with Crippen molar-refractivity contribution in [2.45, 2.75) is 30.8 Å². The lowest BCUT2D eigenvalue weighted by atomic mass is 10.0. The monoisotopic (exact) mass is 331 g/mol. The Labute approximate surface area is 129 Å². The Morgan fingerprint density at radius 1 is 1.43 bits per heavy atom. The van der Waals surface area contributed by atoms with E-state index in [2.05, 4.69) is 5.32 Å². The van der Waals surface area contributed by atoms with Crippen LogP contribution in [0, 0.1) is 0 Å². The third-order valence-corrected chi connectivity index (χ3v) is 6.03. The van der Waals surface area contributed by atoms with Crippen molar-refractivity contribution in [2.75, 3.05) is 13.1 Å². The topological polar surface area (TPSA) is 92.5 Å². The van der Waals surface area contributed by atoms with Crippen LogP contribution >= 0.6 is 11.6 Å². The molecule has 2 rings (SSSR count). The Hall–Kier alpha value is -1.15. The van der Waals surface area contributed by atoms with Gasteiger partial charge in [-0.2, -0.15) is 4.31 Å². The molecule has 1 amide bonds. The van der Waals surface area contributed by atoms with Crippen LogP contribution < -0.4 is 11.1 Å². The number of rotatable bonds is 3. The van der Waals surface area contributed by atoms with Gasteiger partial charge in [-0.15, -0.1) is 0 Å². The average Bonchev–Trinajstić information content (AvgIpc) is 2.41. The molecule has 8 heteroatoms. The Kier molecular flexibility index (Phi) is 4.30. The maximum absolute atomic E-state index is 12.8. The van der Waals surface area contributed by atoms with E-state index in [0.29, 0.717) is 10.6 Å². The van der Waals surface area contributed by atoms with Crippen LogP contribution in [0.4, 0.5) is 0 Å². The second-order valence-corrected chi connectivity index (χ2v) is 7.62. The van der Waals surface area contributed by atoms with Crippen LogP contribution in [0.15, 0.2) is 23.1 Å². The molecule has 0 bridgehead atoms. The minimum absolute atomic E-state index is 0.0625. The zero-order chi connectivity index (χ0) is 15.8. The van der Waals surface area contributed by atoms with E-state index in [9.17, 15) is 13.2 Å². The molecule has 1 heterocycles. The minimum atomic E-state index is -3.80. The van der Waals surface area contributed by atoms with Gasteiger partial charge in [-0.25, -0.2) is 8.42 Å². The normalized spacial score (nSPS) is 19.3. The highest BCUT2D eigenvalue weighted by Crippen LogP contribution is 2.29. The molecule has 1 aromatic rings. The second-order valence-electron chi connectivity index (χ2n) is 5.35. The molecule has 0 saturated carbocycles. The highest BCUT2D eigenvalue weighted by molar-refractivity contribution is 7.89. The third kappa shape index (κ3) is 2.78. The smallest absolute Gasteiger partial charge is 0.244 e. The number of carbonyl (C=O) groups excluding carboxylic acids is 1. The van der Waals surface area contributed by atoms with E-state index in [0.717, 1.165) is 0 Å². The summed E-state index contributed by atoms with van der Waals surface area (Å²) in [6.07, 6.45) is 0. The zero-order valence-corrected chi connectivity index (χ0v) is 13.5. The molecule has 3 N–H and O–H groups in total. The number of nitrogens with zero attached hydrogens (tertiary/aromatic N) is 1. The summed E-state index contributed by atoms with van der Waals surface area (Å²) >= 11 is 6.03. The van der Waals surface area contributed by atoms with Gasteiger partial charge in [0.25, 0.3) is 0 Å². The van der Waals surface area contributed by atoms with Crippen molar-refractivity contribution in [3.05, 3.63) is 28.8 Å². The first-order chi connectivity index (χ1) is 9.71. The maximum Gasteiger partial charge on any atom is 0.244 e. The van der Waals surface area contributed by atoms with Gasteiger partial charge in [0.1, 0.15) is 5.54 Å². The summed E-state index contributed by atoms with van der Waals surface area (Å²) in [5.41, 5.74) is 5.05. The number of sulfonamides is 1. The molecule has 21 heavy (non-hydrogen) atoms. The summed E-state index contributed by atoms with van der Waals surface area (Å²) in [5, 5.41) is 2.97. The second kappa shape index (κ2) is 5.57. The molecule has 0 aromatic heterocycles. The van der Waals surface area contributed by atoms with E-state index in [4.69, 9.17) is 17.3 Å². The number of benzene rings is 1. The van der Waals surface area contributed by atoms with E-state index in [1.165, 1.54) is 16.4 Å². The lowest BCUT2D eigenvalue weighted by molar-refractivity contribution is -0.131. The molecule has 116 valence electrons. The summed E-state index contributed by atoms with van der Waals surface area (Å²) in [7, 11) is -3.80. The lowest BCUT2D eigenvalue weighted by Crippen LogP contribution is -2.63. The van der Waals surface area contributed by atoms with Crippen molar-refractivity contribution in [1.29, 1.82) is 0 Å². The van der Waals surface area contributed by atoms with Crippen LogP contribution in [-0.2, 0) is 21.4 Å². The fraction of sp³-hybridized carbons (Fsp3) is 0.462. The van der Waals surface area contributed by atoms with E-state index in [1.54, 1.807) is 19.9 Å². The Bertz CT molecular complexity index is 673. The Balaban J connectivity index is 2.46. The van der Waals surface area contributed by atoms with Crippen LogP contribution in [0.1, 0.15) is 19.4 Å². The molecule has 0 unspecified atom stereocenters.